The van der Waals surface area contributed by atoms with Crippen LogP contribution in [0.5, 0.6) is 0 Å². The molecule has 4 heteroatoms. The highest BCUT2D eigenvalue weighted by atomic mass is 32.2. The molecule has 0 saturated carbocycles. The topological polar surface area (TPSA) is 48.7 Å². The van der Waals surface area contributed by atoms with Gasteiger partial charge in [-0.2, -0.15) is 5.26 Å². The average molecular weight is 291 g/mol. The van der Waals surface area contributed by atoms with E-state index in [1.807, 2.05) is 54.8 Å². The first-order valence-corrected chi connectivity index (χ1v) is 7.74. The number of rotatable bonds is 3. The van der Waals surface area contributed by atoms with Gasteiger partial charge >= 0.3 is 0 Å². The van der Waals surface area contributed by atoms with Gasteiger partial charge in [0.2, 0.25) is 0 Å². The highest BCUT2D eigenvalue weighted by Gasteiger charge is 2.09. The molecule has 0 amide bonds. The number of hydrogen-bond acceptors (Lipinski definition) is 4. The zero-order valence-corrected chi connectivity index (χ0v) is 12.3. The summed E-state index contributed by atoms with van der Waals surface area (Å²) in [5.41, 5.74) is 3.28. The molecule has 1 aromatic heterocycles. The van der Waals surface area contributed by atoms with Gasteiger partial charge in [-0.05, 0) is 30.5 Å². The molecule has 102 valence electrons. The van der Waals surface area contributed by atoms with Gasteiger partial charge in [-0.15, -0.1) is 11.8 Å². The summed E-state index contributed by atoms with van der Waals surface area (Å²) in [6, 6.07) is 18.0. The summed E-state index contributed by atoms with van der Waals surface area (Å²) in [6.45, 7) is 0. The molecule has 0 aliphatic carbocycles. The third-order valence-electron chi connectivity index (χ3n) is 3.26. The highest BCUT2D eigenvalue weighted by molar-refractivity contribution is 7.98. The van der Waals surface area contributed by atoms with E-state index < -0.39 is 0 Å². The molecule has 0 aliphatic heterocycles. The van der Waals surface area contributed by atoms with Crippen LogP contribution in [0.3, 0.4) is 0 Å². The molecular formula is C17H13N3S. The molecule has 3 nitrogen and oxygen atoms in total. The zero-order valence-electron chi connectivity index (χ0n) is 11.5. The number of pyridine rings is 1. The maximum absolute atomic E-state index is 9.40. The molecule has 0 atom stereocenters. The van der Waals surface area contributed by atoms with Crippen LogP contribution < -0.4 is 5.32 Å². The van der Waals surface area contributed by atoms with Gasteiger partial charge in [0.25, 0.3) is 0 Å². The molecule has 0 unspecified atom stereocenters. The fourth-order valence-electron chi connectivity index (χ4n) is 2.27. The second-order valence-electron chi connectivity index (χ2n) is 4.50. The number of benzene rings is 2. The maximum Gasteiger partial charge on any atom is 0.103 e. The predicted molar refractivity (Wildman–Crippen MR) is 88.0 cm³/mol. The van der Waals surface area contributed by atoms with Crippen molar-refractivity contribution in [2.24, 2.45) is 0 Å². The molecule has 2 aromatic carbocycles. The SMILES string of the molecule is CSc1cccc(Nc2cccc3cccnc23)c1C#N. The lowest BCUT2D eigenvalue weighted by Crippen LogP contribution is -1.96. The van der Waals surface area contributed by atoms with E-state index in [0.29, 0.717) is 5.56 Å². The molecule has 1 heterocycles. The number of nitrogens with one attached hydrogen (secondary N) is 1. The smallest absolute Gasteiger partial charge is 0.103 e. The molecule has 1 N–H and O–H groups in total. The number of para-hydroxylation sites is 1. The minimum Gasteiger partial charge on any atom is -0.353 e. The maximum atomic E-state index is 9.40. The van der Waals surface area contributed by atoms with Crippen LogP contribution in [0.2, 0.25) is 0 Å². The molecular weight excluding hydrogens is 278 g/mol. The summed E-state index contributed by atoms with van der Waals surface area (Å²) in [5, 5.41) is 13.8. The second kappa shape index (κ2) is 5.86. The van der Waals surface area contributed by atoms with Gasteiger partial charge in [-0.1, -0.05) is 24.3 Å². The summed E-state index contributed by atoms with van der Waals surface area (Å²) in [5.74, 6) is 0. The molecule has 0 saturated heterocycles. The van der Waals surface area contributed by atoms with E-state index in [4.69, 9.17) is 0 Å². The van der Waals surface area contributed by atoms with Crippen LogP contribution in [0.15, 0.2) is 59.6 Å². The Hall–Kier alpha value is -2.51. The van der Waals surface area contributed by atoms with Gasteiger partial charge in [0.1, 0.15) is 6.07 Å². The van der Waals surface area contributed by atoms with Crippen LogP contribution >= 0.6 is 11.8 Å². The fraction of sp³-hybridized carbons (Fsp3) is 0.0588. The van der Waals surface area contributed by atoms with E-state index in [1.165, 1.54) is 0 Å². The lowest BCUT2D eigenvalue weighted by Gasteiger charge is -2.12. The van der Waals surface area contributed by atoms with Gasteiger partial charge in [0.05, 0.1) is 22.5 Å². The Morgan fingerprint density at radius 2 is 1.81 bits per heavy atom. The van der Waals surface area contributed by atoms with Gasteiger partial charge < -0.3 is 5.32 Å². The normalized spacial score (nSPS) is 10.3. The van der Waals surface area contributed by atoms with E-state index in [1.54, 1.807) is 18.0 Å². The Bertz CT molecular complexity index is 832. The molecule has 0 fully saturated rings. The van der Waals surface area contributed by atoms with Crippen LogP contribution in [0.4, 0.5) is 11.4 Å². The zero-order chi connectivity index (χ0) is 14.7. The largest absolute Gasteiger partial charge is 0.353 e. The third-order valence-corrected chi connectivity index (χ3v) is 4.04. The van der Waals surface area contributed by atoms with Crippen molar-refractivity contribution in [2.45, 2.75) is 4.90 Å². The van der Waals surface area contributed by atoms with Gasteiger partial charge in [0, 0.05) is 16.5 Å². The fourth-order valence-corrected chi connectivity index (χ4v) is 2.85. The summed E-state index contributed by atoms with van der Waals surface area (Å²) in [6.07, 6.45) is 3.75. The van der Waals surface area contributed by atoms with E-state index >= 15 is 0 Å². The first-order chi connectivity index (χ1) is 10.3. The number of thioether (sulfide) groups is 1. The van der Waals surface area contributed by atoms with Crippen LogP contribution in [-0.2, 0) is 0 Å². The Labute approximate surface area is 127 Å². The predicted octanol–water partition coefficient (Wildman–Crippen LogP) is 4.57. The minimum absolute atomic E-state index is 0.665. The Balaban J connectivity index is 2.10. The van der Waals surface area contributed by atoms with Crippen LogP contribution in [0.1, 0.15) is 5.56 Å². The average Bonchev–Trinajstić information content (AvgIpc) is 2.55. The van der Waals surface area contributed by atoms with Crippen molar-refractivity contribution in [3.63, 3.8) is 0 Å². The molecule has 0 bridgehead atoms. The van der Waals surface area contributed by atoms with E-state index in [9.17, 15) is 5.26 Å². The number of nitrogens with zero attached hydrogens (tertiary/aromatic N) is 2. The Morgan fingerprint density at radius 3 is 2.62 bits per heavy atom. The van der Waals surface area contributed by atoms with Gasteiger partial charge in [-0.25, -0.2) is 0 Å². The Kier molecular flexibility index (Phi) is 3.76. The highest BCUT2D eigenvalue weighted by Crippen LogP contribution is 2.30. The number of hydrogen-bond donors (Lipinski definition) is 1. The van der Waals surface area contributed by atoms with Crippen molar-refractivity contribution in [3.8, 4) is 6.07 Å². The van der Waals surface area contributed by atoms with Crippen molar-refractivity contribution in [2.75, 3.05) is 11.6 Å². The van der Waals surface area contributed by atoms with E-state index in [-0.39, 0.29) is 0 Å². The molecule has 0 aliphatic rings. The lowest BCUT2D eigenvalue weighted by molar-refractivity contribution is 1.35. The minimum atomic E-state index is 0.665. The standard InChI is InChI=1S/C17H13N3S/c1-21-16-9-3-7-14(13(16)11-18)20-15-8-2-5-12-6-4-10-19-17(12)15/h2-10,20H,1H3. The van der Waals surface area contributed by atoms with E-state index in [0.717, 1.165) is 27.2 Å². The van der Waals surface area contributed by atoms with Gasteiger partial charge in [0.15, 0.2) is 0 Å². The number of fused-ring (bicyclic) bond motifs is 1. The molecule has 3 aromatic rings. The lowest BCUT2D eigenvalue weighted by atomic mass is 10.1. The first-order valence-electron chi connectivity index (χ1n) is 6.51. The quantitative estimate of drug-likeness (QED) is 0.718. The van der Waals surface area contributed by atoms with Crippen molar-refractivity contribution in [3.05, 3.63) is 60.3 Å². The van der Waals surface area contributed by atoms with Crippen molar-refractivity contribution >= 4 is 34.0 Å². The number of anilines is 2. The molecule has 21 heavy (non-hydrogen) atoms. The Morgan fingerprint density at radius 1 is 1.05 bits per heavy atom. The number of aromatic nitrogens is 1. The summed E-state index contributed by atoms with van der Waals surface area (Å²) < 4.78 is 0. The molecule has 0 spiro atoms. The summed E-state index contributed by atoms with van der Waals surface area (Å²) in [4.78, 5) is 5.39. The van der Waals surface area contributed by atoms with Crippen LogP contribution in [0, 0.1) is 11.3 Å². The van der Waals surface area contributed by atoms with Crippen LogP contribution in [0.25, 0.3) is 10.9 Å². The third kappa shape index (κ3) is 2.56. The first kappa shape index (κ1) is 13.5. The van der Waals surface area contributed by atoms with Crippen molar-refractivity contribution in [1.82, 2.24) is 4.98 Å². The van der Waals surface area contributed by atoms with E-state index in [2.05, 4.69) is 16.4 Å². The summed E-state index contributed by atoms with van der Waals surface area (Å²) >= 11 is 1.57. The molecule has 3 rings (SSSR count). The van der Waals surface area contributed by atoms with Gasteiger partial charge in [-0.3, -0.25) is 4.98 Å². The number of nitriles is 1. The summed E-state index contributed by atoms with van der Waals surface area (Å²) in [7, 11) is 0. The van der Waals surface area contributed by atoms with Crippen molar-refractivity contribution in [1.29, 1.82) is 5.26 Å². The monoisotopic (exact) mass is 291 g/mol. The van der Waals surface area contributed by atoms with Crippen molar-refractivity contribution < 1.29 is 0 Å². The molecule has 0 radical (unpaired) electrons. The second-order valence-corrected chi connectivity index (χ2v) is 5.35. The van der Waals surface area contributed by atoms with Crippen LogP contribution in [-0.4, -0.2) is 11.2 Å².